The third-order valence-corrected chi connectivity index (χ3v) is 2.74. The van der Waals surface area contributed by atoms with Gasteiger partial charge in [-0.1, -0.05) is 6.92 Å². The lowest BCUT2D eigenvalue weighted by Gasteiger charge is -2.26. The van der Waals surface area contributed by atoms with E-state index in [2.05, 4.69) is 38.1 Å². The summed E-state index contributed by atoms with van der Waals surface area (Å²) in [7, 11) is 0. The van der Waals surface area contributed by atoms with Crippen molar-refractivity contribution in [3.05, 3.63) is 18.5 Å². The van der Waals surface area contributed by atoms with Gasteiger partial charge < -0.3 is 5.32 Å². The molecule has 0 spiro atoms. The Labute approximate surface area is 86.5 Å². The Morgan fingerprint density at radius 3 is 2.71 bits per heavy atom. The lowest BCUT2D eigenvalue weighted by Crippen LogP contribution is -2.41. The topological polar surface area (TPSA) is 29.9 Å². The molecule has 0 saturated carbocycles. The van der Waals surface area contributed by atoms with E-state index in [0.29, 0.717) is 6.04 Å². The van der Waals surface area contributed by atoms with Crippen molar-refractivity contribution >= 4 is 0 Å². The zero-order valence-corrected chi connectivity index (χ0v) is 9.62. The van der Waals surface area contributed by atoms with Crippen molar-refractivity contribution in [2.24, 2.45) is 0 Å². The van der Waals surface area contributed by atoms with Crippen molar-refractivity contribution in [3.63, 3.8) is 0 Å². The highest BCUT2D eigenvalue weighted by molar-refractivity contribution is 4.83. The zero-order valence-electron chi connectivity index (χ0n) is 9.62. The summed E-state index contributed by atoms with van der Waals surface area (Å²) >= 11 is 0. The molecule has 1 aromatic rings. The molecule has 0 amide bonds. The minimum atomic E-state index is 0.224. The van der Waals surface area contributed by atoms with Crippen LogP contribution in [0, 0.1) is 0 Å². The van der Waals surface area contributed by atoms with Gasteiger partial charge in [-0.2, -0.15) is 5.10 Å². The molecule has 1 aromatic heterocycles. The van der Waals surface area contributed by atoms with Crippen molar-refractivity contribution in [2.75, 3.05) is 6.54 Å². The normalized spacial score (nSPS) is 14.3. The van der Waals surface area contributed by atoms with Gasteiger partial charge in [0.25, 0.3) is 0 Å². The number of nitrogens with one attached hydrogen (secondary N) is 1. The summed E-state index contributed by atoms with van der Waals surface area (Å²) in [6.07, 6.45) is 4.96. The molecule has 1 N–H and O–H groups in total. The Balaban J connectivity index is 2.39. The minimum absolute atomic E-state index is 0.224. The van der Waals surface area contributed by atoms with Gasteiger partial charge in [0.15, 0.2) is 0 Å². The first-order valence-electron chi connectivity index (χ1n) is 5.29. The monoisotopic (exact) mass is 195 g/mol. The van der Waals surface area contributed by atoms with E-state index in [-0.39, 0.29) is 5.54 Å². The highest BCUT2D eigenvalue weighted by Crippen LogP contribution is 2.09. The Hall–Kier alpha value is -0.830. The van der Waals surface area contributed by atoms with Gasteiger partial charge in [0, 0.05) is 24.5 Å². The molecule has 3 heteroatoms. The lowest BCUT2D eigenvalue weighted by atomic mass is 10.0. The van der Waals surface area contributed by atoms with E-state index in [1.807, 2.05) is 23.1 Å². The van der Waals surface area contributed by atoms with Gasteiger partial charge in [-0.05, 0) is 33.3 Å². The van der Waals surface area contributed by atoms with Crippen LogP contribution in [0.5, 0.6) is 0 Å². The second-order valence-corrected chi connectivity index (χ2v) is 4.45. The molecule has 0 aliphatic carbocycles. The summed E-state index contributed by atoms with van der Waals surface area (Å²) in [5, 5.41) is 7.76. The molecular formula is C11H21N3. The quantitative estimate of drug-likeness (QED) is 0.780. The maximum Gasteiger partial charge on any atom is 0.0615 e. The molecule has 0 saturated heterocycles. The van der Waals surface area contributed by atoms with Crippen LogP contribution in [0.2, 0.25) is 0 Å². The molecule has 1 heterocycles. The summed E-state index contributed by atoms with van der Waals surface area (Å²) in [4.78, 5) is 0. The zero-order chi connectivity index (χ0) is 10.6. The SMILES string of the molecule is CCC(C)(C)NCC(C)n1cccn1. The lowest BCUT2D eigenvalue weighted by molar-refractivity contribution is 0.335. The fraction of sp³-hybridized carbons (Fsp3) is 0.727. The summed E-state index contributed by atoms with van der Waals surface area (Å²) in [6, 6.07) is 2.37. The van der Waals surface area contributed by atoms with Crippen LogP contribution in [0.4, 0.5) is 0 Å². The Morgan fingerprint density at radius 2 is 2.21 bits per heavy atom. The van der Waals surface area contributed by atoms with Crippen LogP contribution in [0.3, 0.4) is 0 Å². The number of hydrogen-bond acceptors (Lipinski definition) is 2. The van der Waals surface area contributed by atoms with E-state index < -0.39 is 0 Å². The van der Waals surface area contributed by atoms with Crippen LogP contribution in [0.15, 0.2) is 18.5 Å². The van der Waals surface area contributed by atoms with E-state index >= 15 is 0 Å². The molecule has 14 heavy (non-hydrogen) atoms. The molecule has 0 aliphatic heterocycles. The highest BCUT2D eigenvalue weighted by Gasteiger charge is 2.15. The third kappa shape index (κ3) is 3.14. The number of nitrogens with zero attached hydrogens (tertiary/aromatic N) is 2. The predicted octanol–water partition coefficient (Wildman–Crippen LogP) is 2.22. The summed E-state index contributed by atoms with van der Waals surface area (Å²) in [5.74, 6) is 0. The maximum atomic E-state index is 4.22. The van der Waals surface area contributed by atoms with Crippen LogP contribution in [0.25, 0.3) is 0 Å². The second kappa shape index (κ2) is 4.60. The predicted molar refractivity (Wildman–Crippen MR) is 59.3 cm³/mol. The van der Waals surface area contributed by atoms with Crippen LogP contribution < -0.4 is 5.32 Å². The summed E-state index contributed by atoms with van der Waals surface area (Å²) < 4.78 is 1.98. The van der Waals surface area contributed by atoms with E-state index in [9.17, 15) is 0 Å². The van der Waals surface area contributed by atoms with Crippen molar-refractivity contribution in [2.45, 2.75) is 45.7 Å². The third-order valence-electron chi connectivity index (χ3n) is 2.74. The van der Waals surface area contributed by atoms with Crippen LogP contribution in [-0.4, -0.2) is 21.9 Å². The van der Waals surface area contributed by atoms with Gasteiger partial charge in [0.05, 0.1) is 6.04 Å². The first kappa shape index (κ1) is 11.2. The molecule has 1 atom stereocenters. The molecular weight excluding hydrogens is 174 g/mol. The molecule has 3 nitrogen and oxygen atoms in total. The highest BCUT2D eigenvalue weighted by atomic mass is 15.3. The molecule has 80 valence electrons. The standard InChI is InChI=1S/C11H21N3/c1-5-11(3,4)12-9-10(2)14-8-6-7-13-14/h6-8,10,12H,5,9H2,1-4H3. The summed E-state index contributed by atoms with van der Waals surface area (Å²) in [6.45, 7) is 9.78. The number of hydrogen-bond donors (Lipinski definition) is 1. The number of rotatable bonds is 5. The van der Waals surface area contributed by atoms with Gasteiger partial charge >= 0.3 is 0 Å². The maximum absolute atomic E-state index is 4.22. The Kier molecular flexibility index (Phi) is 3.69. The second-order valence-electron chi connectivity index (χ2n) is 4.45. The number of aromatic nitrogens is 2. The van der Waals surface area contributed by atoms with Crippen molar-refractivity contribution in [3.8, 4) is 0 Å². The van der Waals surface area contributed by atoms with E-state index in [4.69, 9.17) is 0 Å². The Morgan fingerprint density at radius 1 is 1.50 bits per heavy atom. The average molecular weight is 195 g/mol. The van der Waals surface area contributed by atoms with Crippen molar-refractivity contribution in [1.29, 1.82) is 0 Å². The van der Waals surface area contributed by atoms with Gasteiger partial charge in [0.1, 0.15) is 0 Å². The van der Waals surface area contributed by atoms with Crippen molar-refractivity contribution in [1.82, 2.24) is 15.1 Å². The molecule has 1 unspecified atom stereocenters. The molecule has 0 aromatic carbocycles. The molecule has 1 rings (SSSR count). The average Bonchev–Trinajstić information content (AvgIpc) is 2.67. The van der Waals surface area contributed by atoms with Gasteiger partial charge in [-0.3, -0.25) is 4.68 Å². The van der Waals surface area contributed by atoms with Gasteiger partial charge in [-0.25, -0.2) is 0 Å². The van der Waals surface area contributed by atoms with E-state index in [1.54, 1.807) is 0 Å². The van der Waals surface area contributed by atoms with Crippen LogP contribution >= 0.6 is 0 Å². The van der Waals surface area contributed by atoms with Gasteiger partial charge in [0.2, 0.25) is 0 Å². The van der Waals surface area contributed by atoms with E-state index in [0.717, 1.165) is 13.0 Å². The summed E-state index contributed by atoms with van der Waals surface area (Å²) in [5.41, 5.74) is 0.224. The molecule has 0 fully saturated rings. The largest absolute Gasteiger partial charge is 0.310 e. The first-order valence-corrected chi connectivity index (χ1v) is 5.29. The van der Waals surface area contributed by atoms with Crippen molar-refractivity contribution < 1.29 is 0 Å². The Bertz CT molecular complexity index is 252. The van der Waals surface area contributed by atoms with Crippen LogP contribution in [-0.2, 0) is 0 Å². The first-order chi connectivity index (χ1) is 6.55. The van der Waals surface area contributed by atoms with Crippen LogP contribution in [0.1, 0.15) is 40.2 Å². The molecule has 0 aliphatic rings. The fourth-order valence-corrected chi connectivity index (χ4v) is 1.18. The minimum Gasteiger partial charge on any atom is -0.310 e. The van der Waals surface area contributed by atoms with E-state index in [1.165, 1.54) is 0 Å². The van der Waals surface area contributed by atoms with Gasteiger partial charge in [-0.15, -0.1) is 0 Å². The molecule has 0 bridgehead atoms. The molecule has 0 radical (unpaired) electrons. The fourth-order valence-electron chi connectivity index (χ4n) is 1.18. The smallest absolute Gasteiger partial charge is 0.0615 e.